The summed E-state index contributed by atoms with van der Waals surface area (Å²) >= 11 is 0. The van der Waals surface area contributed by atoms with Gasteiger partial charge in [0.1, 0.15) is 34.8 Å². The minimum Gasteiger partial charge on any atom is -0.444 e. The van der Waals surface area contributed by atoms with E-state index in [1.165, 1.54) is 38.5 Å². The van der Waals surface area contributed by atoms with Gasteiger partial charge in [0, 0.05) is 25.4 Å². The van der Waals surface area contributed by atoms with E-state index in [9.17, 15) is 22.8 Å². The van der Waals surface area contributed by atoms with Crippen LogP contribution >= 0.6 is 0 Å². The third kappa shape index (κ3) is 18.0. The maximum Gasteiger partial charge on any atom is 0.408 e. The molecule has 5 atom stereocenters. The SMILES string of the molecule is Cc1ccc(S(=O)(=O)N[C@@H](c2ccccc2)[C@@H](NC(=O)[C@H](COC(C)(C)C)NC(=O)C(C)(C)NC(=O)[C@H](CC(=O)NC(c2ccccc2)(c2ccccc2)c2ccccc2)NC(=O)[C@H](Cc2cncn2C)NC(=O)OC(C)(C)C)c2ccccc2)cc1. The van der Waals surface area contributed by atoms with Crippen LogP contribution in [0.5, 0.6) is 0 Å². The summed E-state index contributed by atoms with van der Waals surface area (Å²) in [6.07, 6.45) is 1.29. The summed E-state index contributed by atoms with van der Waals surface area (Å²) in [5.74, 6) is -4.21. The Bertz CT molecular complexity index is 3460. The van der Waals surface area contributed by atoms with Crippen molar-refractivity contribution in [3.63, 3.8) is 0 Å². The summed E-state index contributed by atoms with van der Waals surface area (Å²) in [5.41, 5.74) is -0.572. The second-order valence-corrected chi connectivity index (χ2v) is 25.6. The zero-order chi connectivity index (χ0) is 63.2. The Morgan fingerprint density at radius 2 is 1.02 bits per heavy atom. The summed E-state index contributed by atoms with van der Waals surface area (Å²) in [6, 6.07) is 44.9. The Balaban J connectivity index is 1.23. The number of carbonyl (C=O) groups excluding carboxylic acids is 6. The van der Waals surface area contributed by atoms with Crippen LogP contribution < -0.4 is 36.6 Å². The number of benzene rings is 6. The number of aromatic nitrogens is 2. The van der Waals surface area contributed by atoms with E-state index < -0.39 is 105 Å². The number of carbonyl (C=O) groups is 6. The van der Waals surface area contributed by atoms with Gasteiger partial charge in [0.15, 0.2) is 0 Å². The number of amides is 6. The van der Waals surface area contributed by atoms with Crippen LogP contribution in [0.3, 0.4) is 0 Å². The topological polar surface area (TPSA) is 257 Å². The molecule has 6 aromatic carbocycles. The third-order valence-corrected chi connectivity index (χ3v) is 15.6. The standard InChI is InChI=1S/C67H79N9O10S/c1-45-36-38-52(39-37-45)87(83,84)75-58(47-28-18-12-19-29-47)57(46-26-16-11-17-27-46)72-60(79)55(43-85-64(2,3)4)70-62(81)66(8,9)74-61(80)54(69-59(78)53(40-51-42-68-44-76(51)10)71-63(82)86-65(5,6)7)41-56(77)73-67(48-30-20-13-21-31-48,49-32-22-14-23-33-49)50-34-24-15-25-35-50/h11-39,42,44,53-55,57-58,75H,40-41,43H2,1-10H3,(H,69,78)(H,70,81)(H,71,82)(H,72,79)(H,73,77)(H,74,80)/t53-,54-,55-,57-,58-/m0/s1. The van der Waals surface area contributed by atoms with E-state index in [1.807, 2.05) is 97.9 Å². The van der Waals surface area contributed by atoms with Gasteiger partial charge in [-0.05, 0) is 102 Å². The van der Waals surface area contributed by atoms with Gasteiger partial charge in [-0.15, -0.1) is 0 Å². The molecule has 0 saturated carbocycles. The van der Waals surface area contributed by atoms with E-state index in [4.69, 9.17) is 9.47 Å². The quantitative estimate of drug-likeness (QED) is 0.0271. The van der Waals surface area contributed by atoms with Gasteiger partial charge in [-0.3, -0.25) is 24.0 Å². The molecule has 0 radical (unpaired) electrons. The smallest absolute Gasteiger partial charge is 0.408 e. The van der Waals surface area contributed by atoms with E-state index in [0.717, 1.165) is 5.56 Å². The van der Waals surface area contributed by atoms with Crippen LogP contribution in [-0.2, 0) is 62.5 Å². The number of ether oxygens (including phenoxy) is 2. The summed E-state index contributed by atoms with van der Waals surface area (Å²) in [6.45, 7) is 14.5. The predicted octanol–water partition coefficient (Wildman–Crippen LogP) is 7.92. The number of rotatable bonds is 25. The highest BCUT2D eigenvalue weighted by molar-refractivity contribution is 7.89. The molecule has 7 N–H and O–H groups in total. The number of aryl methyl sites for hydroxylation is 2. The number of sulfonamides is 1. The van der Waals surface area contributed by atoms with Gasteiger partial charge in [0.05, 0.1) is 41.9 Å². The highest BCUT2D eigenvalue weighted by atomic mass is 32.2. The third-order valence-electron chi connectivity index (χ3n) is 14.2. The molecule has 0 aliphatic rings. The lowest BCUT2D eigenvalue weighted by Crippen LogP contribution is -2.63. The number of hydrogen-bond acceptors (Lipinski definition) is 11. The lowest BCUT2D eigenvalue weighted by atomic mass is 9.77. The van der Waals surface area contributed by atoms with E-state index in [-0.39, 0.29) is 17.9 Å². The van der Waals surface area contributed by atoms with Crippen LogP contribution in [0, 0.1) is 6.92 Å². The number of alkyl carbamates (subject to hydrolysis) is 1. The number of nitrogens with zero attached hydrogens (tertiary/aromatic N) is 2. The lowest BCUT2D eigenvalue weighted by Gasteiger charge is -2.37. The molecular weight excluding hydrogens is 1120 g/mol. The number of imidazole rings is 1. The van der Waals surface area contributed by atoms with E-state index in [2.05, 4.69) is 41.6 Å². The van der Waals surface area contributed by atoms with Gasteiger partial charge in [0.25, 0.3) is 0 Å². The fourth-order valence-electron chi connectivity index (χ4n) is 9.68. The number of hydrogen-bond donors (Lipinski definition) is 7. The van der Waals surface area contributed by atoms with Crippen molar-refractivity contribution in [1.29, 1.82) is 0 Å². The van der Waals surface area contributed by atoms with E-state index in [1.54, 1.807) is 126 Å². The first-order valence-electron chi connectivity index (χ1n) is 28.6. The van der Waals surface area contributed by atoms with Crippen LogP contribution in [0.15, 0.2) is 193 Å². The first kappa shape index (κ1) is 65.6. The fraction of sp³-hybridized carbons (Fsp3) is 0.328. The molecular formula is C67H79N9O10S. The Labute approximate surface area is 509 Å². The van der Waals surface area contributed by atoms with Crippen molar-refractivity contribution in [2.24, 2.45) is 7.05 Å². The van der Waals surface area contributed by atoms with Crippen molar-refractivity contribution in [3.8, 4) is 0 Å². The highest BCUT2D eigenvalue weighted by Crippen LogP contribution is 2.37. The maximum absolute atomic E-state index is 15.2. The highest BCUT2D eigenvalue weighted by Gasteiger charge is 2.42. The molecule has 1 heterocycles. The zero-order valence-corrected chi connectivity index (χ0v) is 51.6. The van der Waals surface area contributed by atoms with Gasteiger partial charge < -0.3 is 45.9 Å². The van der Waals surface area contributed by atoms with E-state index >= 15 is 14.4 Å². The molecule has 0 fully saturated rings. The molecule has 0 aliphatic carbocycles. The minimum absolute atomic E-state index is 0.00390. The Kier molecular flexibility index (Phi) is 21.5. The Morgan fingerprint density at radius 3 is 1.49 bits per heavy atom. The van der Waals surface area contributed by atoms with Crippen molar-refractivity contribution in [2.45, 2.75) is 133 Å². The molecule has 6 amide bonds. The van der Waals surface area contributed by atoms with Crippen LogP contribution in [0.2, 0.25) is 0 Å². The van der Waals surface area contributed by atoms with Crippen LogP contribution in [0.1, 0.15) is 113 Å². The fourth-order valence-corrected chi connectivity index (χ4v) is 10.9. The molecule has 0 bridgehead atoms. The lowest BCUT2D eigenvalue weighted by molar-refractivity contribution is -0.139. The summed E-state index contributed by atoms with van der Waals surface area (Å²) in [4.78, 5) is 92.6. The Morgan fingerprint density at radius 1 is 0.540 bits per heavy atom. The summed E-state index contributed by atoms with van der Waals surface area (Å²) in [5, 5.41) is 17.1. The largest absolute Gasteiger partial charge is 0.444 e. The maximum atomic E-state index is 15.2. The normalized spacial score (nSPS) is 13.8. The van der Waals surface area contributed by atoms with Gasteiger partial charge in [-0.25, -0.2) is 22.9 Å². The van der Waals surface area contributed by atoms with Crippen molar-refractivity contribution in [1.82, 2.24) is 46.2 Å². The van der Waals surface area contributed by atoms with Crippen LogP contribution in [-0.4, -0.2) is 95.1 Å². The molecule has 19 nitrogen and oxygen atoms in total. The second kappa shape index (κ2) is 28.5. The first-order valence-corrected chi connectivity index (χ1v) is 30.1. The van der Waals surface area contributed by atoms with Crippen LogP contribution in [0.25, 0.3) is 0 Å². The molecule has 20 heteroatoms. The molecule has 87 heavy (non-hydrogen) atoms. The average Bonchev–Trinajstić information content (AvgIpc) is 1.41. The van der Waals surface area contributed by atoms with Crippen molar-refractivity contribution in [2.75, 3.05) is 6.61 Å². The first-order chi connectivity index (χ1) is 41.1. The van der Waals surface area contributed by atoms with E-state index in [0.29, 0.717) is 33.5 Å². The van der Waals surface area contributed by atoms with Crippen molar-refractivity contribution >= 4 is 45.7 Å². The number of nitrogens with one attached hydrogen (secondary N) is 7. The second-order valence-electron chi connectivity index (χ2n) is 23.8. The van der Waals surface area contributed by atoms with Gasteiger partial charge in [-0.2, -0.15) is 0 Å². The molecule has 7 aromatic rings. The van der Waals surface area contributed by atoms with Gasteiger partial charge in [0.2, 0.25) is 39.6 Å². The monoisotopic (exact) mass is 1200 g/mol. The van der Waals surface area contributed by atoms with Gasteiger partial charge in [-0.1, -0.05) is 169 Å². The predicted molar refractivity (Wildman–Crippen MR) is 332 cm³/mol. The van der Waals surface area contributed by atoms with Crippen LogP contribution in [0.4, 0.5) is 4.79 Å². The molecule has 0 saturated heterocycles. The minimum atomic E-state index is -4.23. The molecule has 458 valence electrons. The molecule has 7 rings (SSSR count). The zero-order valence-electron chi connectivity index (χ0n) is 50.8. The molecule has 0 aliphatic heterocycles. The summed E-state index contributed by atoms with van der Waals surface area (Å²) < 4.78 is 44.7. The van der Waals surface area contributed by atoms with Gasteiger partial charge >= 0.3 is 6.09 Å². The molecule has 1 aromatic heterocycles. The summed E-state index contributed by atoms with van der Waals surface area (Å²) in [7, 11) is -2.52. The van der Waals surface area contributed by atoms with Crippen molar-refractivity contribution in [3.05, 3.63) is 228 Å². The molecule has 0 spiro atoms. The Hall–Kier alpha value is -8.98. The average molecular weight is 1200 g/mol. The van der Waals surface area contributed by atoms with Crippen molar-refractivity contribution < 1.29 is 46.7 Å². The molecule has 0 unspecified atom stereocenters.